The average Bonchev–Trinajstić information content (AvgIpc) is 2.99. The fourth-order valence-electron chi connectivity index (χ4n) is 3.29. The van der Waals surface area contributed by atoms with E-state index in [1.807, 2.05) is 0 Å². The Labute approximate surface area is 174 Å². The summed E-state index contributed by atoms with van der Waals surface area (Å²) in [5.41, 5.74) is 1.48. The van der Waals surface area contributed by atoms with Crippen LogP contribution < -0.4 is 4.74 Å². The molecule has 1 N–H and O–H groups in total. The highest BCUT2D eigenvalue weighted by Crippen LogP contribution is 2.32. The summed E-state index contributed by atoms with van der Waals surface area (Å²) in [5.74, 6) is -0.310. The molecule has 0 amide bonds. The summed E-state index contributed by atoms with van der Waals surface area (Å²) in [4.78, 5) is 15.7. The number of halogens is 1. The molecule has 2 heterocycles. The van der Waals surface area contributed by atoms with Crippen LogP contribution in [0.4, 0.5) is 4.39 Å². The lowest BCUT2D eigenvalue weighted by atomic mass is 10.1. The molecule has 152 valence electrons. The van der Waals surface area contributed by atoms with Crippen LogP contribution in [0.15, 0.2) is 71.9 Å². The molecule has 8 heteroatoms. The van der Waals surface area contributed by atoms with Crippen LogP contribution in [0.3, 0.4) is 0 Å². The summed E-state index contributed by atoms with van der Waals surface area (Å²) in [6.07, 6.45) is 2.96. The molecule has 0 aliphatic heterocycles. The van der Waals surface area contributed by atoms with E-state index in [0.717, 1.165) is 0 Å². The maximum Gasteiger partial charge on any atom is 0.307 e. The van der Waals surface area contributed by atoms with Gasteiger partial charge in [-0.3, -0.25) is 9.78 Å². The highest BCUT2D eigenvalue weighted by Gasteiger charge is 2.25. The van der Waals surface area contributed by atoms with Gasteiger partial charge in [0.05, 0.1) is 17.6 Å². The van der Waals surface area contributed by atoms with E-state index in [-0.39, 0.29) is 6.42 Å². The quantitative estimate of drug-likeness (QED) is 0.461. The number of hydrogen-bond donors (Lipinski definition) is 1. The Morgan fingerprint density at radius 1 is 1.13 bits per heavy atom. The van der Waals surface area contributed by atoms with E-state index < -0.39 is 23.1 Å². The summed E-state index contributed by atoms with van der Waals surface area (Å²) < 4.78 is 34.4. The maximum absolute atomic E-state index is 13.8. The van der Waals surface area contributed by atoms with Gasteiger partial charge in [0, 0.05) is 17.8 Å². The van der Waals surface area contributed by atoms with Crippen LogP contribution in [0.5, 0.6) is 11.5 Å². The molecule has 2 aromatic carbocycles. The Morgan fingerprint density at radius 3 is 2.47 bits per heavy atom. The minimum atomic E-state index is -1.65. The van der Waals surface area contributed by atoms with Crippen molar-refractivity contribution in [3.63, 3.8) is 0 Å². The molecule has 1 atom stereocenters. The predicted molar refractivity (Wildman–Crippen MR) is 111 cm³/mol. The van der Waals surface area contributed by atoms with Gasteiger partial charge in [0.25, 0.3) is 0 Å². The Bertz CT molecular complexity index is 1210. The molecule has 0 spiro atoms. The van der Waals surface area contributed by atoms with Gasteiger partial charge in [-0.1, -0.05) is 0 Å². The van der Waals surface area contributed by atoms with Gasteiger partial charge >= 0.3 is 5.97 Å². The summed E-state index contributed by atoms with van der Waals surface area (Å²) in [6, 6.07) is 14.3. The minimum absolute atomic E-state index is 0.283. The topological polar surface area (TPSA) is 87.4 Å². The van der Waals surface area contributed by atoms with Gasteiger partial charge < -0.3 is 14.4 Å². The van der Waals surface area contributed by atoms with E-state index >= 15 is 0 Å². The maximum atomic E-state index is 13.8. The number of aliphatic carboxylic acids is 1. The summed E-state index contributed by atoms with van der Waals surface area (Å²) in [6.45, 7) is 1.69. The first-order chi connectivity index (χ1) is 14.4. The van der Waals surface area contributed by atoms with Crippen molar-refractivity contribution in [2.75, 3.05) is 0 Å². The molecule has 0 aliphatic carbocycles. The first-order valence-corrected chi connectivity index (χ1v) is 10.2. The van der Waals surface area contributed by atoms with Gasteiger partial charge in [-0.2, -0.15) is 3.97 Å². The van der Waals surface area contributed by atoms with Gasteiger partial charge in [0.15, 0.2) is 4.90 Å². The zero-order valence-corrected chi connectivity index (χ0v) is 16.7. The van der Waals surface area contributed by atoms with Crippen molar-refractivity contribution in [2.24, 2.45) is 0 Å². The van der Waals surface area contributed by atoms with Crippen LogP contribution in [0, 0.1) is 12.7 Å². The lowest BCUT2D eigenvalue weighted by Crippen LogP contribution is -2.15. The minimum Gasteiger partial charge on any atom is -0.587 e. The Balaban J connectivity index is 1.70. The van der Waals surface area contributed by atoms with Crippen molar-refractivity contribution >= 4 is 28.2 Å². The van der Waals surface area contributed by atoms with Gasteiger partial charge in [-0.15, -0.1) is 0 Å². The van der Waals surface area contributed by atoms with Crippen molar-refractivity contribution in [1.29, 1.82) is 0 Å². The Kier molecular flexibility index (Phi) is 5.43. The number of benzene rings is 2. The monoisotopic (exact) mass is 424 g/mol. The number of carboxylic acid groups (broad SMARTS) is 1. The molecular formula is C22H17FN2O4S. The fourth-order valence-corrected chi connectivity index (χ4v) is 4.56. The number of carbonyl (C=O) groups is 1. The molecule has 0 aliphatic rings. The number of fused-ring (bicyclic) bond motifs is 1. The molecular weight excluding hydrogens is 407 g/mol. The van der Waals surface area contributed by atoms with E-state index in [1.54, 1.807) is 55.7 Å². The van der Waals surface area contributed by atoms with Gasteiger partial charge in [-0.05, 0) is 67.1 Å². The van der Waals surface area contributed by atoms with Crippen molar-refractivity contribution in [3.8, 4) is 11.5 Å². The van der Waals surface area contributed by atoms with E-state index in [4.69, 9.17) is 4.74 Å². The molecule has 6 nitrogen and oxygen atoms in total. The Morgan fingerprint density at radius 2 is 1.80 bits per heavy atom. The van der Waals surface area contributed by atoms with Crippen LogP contribution in [0.25, 0.3) is 10.9 Å². The molecule has 0 bridgehead atoms. The number of carboxylic acids is 1. The van der Waals surface area contributed by atoms with E-state index in [1.165, 1.54) is 22.2 Å². The fraction of sp³-hybridized carbons (Fsp3) is 0.0909. The first-order valence-electron chi connectivity index (χ1n) is 9.05. The smallest absolute Gasteiger partial charge is 0.307 e. The third-order valence-electron chi connectivity index (χ3n) is 4.65. The van der Waals surface area contributed by atoms with Gasteiger partial charge in [0.1, 0.15) is 28.7 Å². The third kappa shape index (κ3) is 3.87. The van der Waals surface area contributed by atoms with Crippen LogP contribution in [-0.2, 0) is 22.6 Å². The normalized spacial score (nSPS) is 12.1. The molecule has 30 heavy (non-hydrogen) atoms. The predicted octanol–water partition coefficient (Wildman–Crippen LogP) is 4.47. The molecule has 0 saturated heterocycles. The summed E-state index contributed by atoms with van der Waals surface area (Å²) in [5, 5.41) is 9.69. The lowest BCUT2D eigenvalue weighted by molar-refractivity contribution is -0.136. The third-order valence-corrected chi connectivity index (χ3v) is 6.13. The van der Waals surface area contributed by atoms with Crippen molar-refractivity contribution < 1.29 is 23.6 Å². The van der Waals surface area contributed by atoms with Crippen LogP contribution in [0.1, 0.15) is 11.3 Å². The van der Waals surface area contributed by atoms with Crippen molar-refractivity contribution in [2.45, 2.75) is 18.2 Å². The largest absolute Gasteiger partial charge is 0.587 e. The molecule has 0 fully saturated rings. The molecule has 1 unspecified atom stereocenters. The first kappa shape index (κ1) is 19.9. The van der Waals surface area contributed by atoms with Crippen molar-refractivity contribution in [1.82, 2.24) is 8.96 Å². The van der Waals surface area contributed by atoms with Gasteiger partial charge in [-0.25, -0.2) is 4.39 Å². The van der Waals surface area contributed by atoms with E-state index in [2.05, 4.69) is 4.98 Å². The molecule has 0 saturated carbocycles. The standard InChI is InChI=1S/C22H17FN2O4S/c1-14-19(13-22(26)27)20-12-15(23)2-7-21(20)25(14)30(28)18-5-3-16(4-6-18)29-17-8-10-24-11-9-17/h2-12H,13H2,1H3,(H,26,27). The summed E-state index contributed by atoms with van der Waals surface area (Å²) in [7, 11) is 0. The molecule has 4 aromatic rings. The van der Waals surface area contributed by atoms with Crippen LogP contribution >= 0.6 is 0 Å². The summed E-state index contributed by atoms with van der Waals surface area (Å²) >= 11 is -1.65. The highest BCUT2D eigenvalue weighted by atomic mass is 32.2. The van der Waals surface area contributed by atoms with E-state index in [0.29, 0.717) is 38.6 Å². The number of hydrogen-bond acceptors (Lipinski definition) is 4. The second-order valence-corrected chi connectivity index (χ2v) is 7.93. The van der Waals surface area contributed by atoms with Crippen LogP contribution in [0.2, 0.25) is 0 Å². The van der Waals surface area contributed by atoms with Gasteiger partial charge in [0.2, 0.25) is 0 Å². The second-order valence-electron chi connectivity index (χ2n) is 6.60. The Hall–Kier alpha value is -3.36. The highest BCUT2D eigenvalue weighted by molar-refractivity contribution is 7.90. The average molecular weight is 424 g/mol. The molecule has 0 radical (unpaired) electrons. The SMILES string of the molecule is Cc1c(CC(=O)O)c2cc(F)ccc2n1[S+]([O-])c1ccc(Oc2ccncc2)cc1. The zero-order valence-electron chi connectivity index (χ0n) is 15.9. The number of rotatable bonds is 6. The number of aromatic nitrogens is 2. The van der Waals surface area contributed by atoms with Crippen LogP contribution in [-0.4, -0.2) is 24.6 Å². The second kappa shape index (κ2) is 8.17. The lowest BCUT2D eigenvalue weighted by Gasteiger charge is -2.14. The van der Waals surface area contributed by atoms with Crippen molar-refractivity contribution in [3.05, 3.63) is 84.1 Å². The number of pyridine rings is 1. The molecule has 4 rings (SSSR count). The number of nitrogens with zero attached hydrogens (tertiary/aromatic N) is 2. The van der Waals surface area contributed by atoms with E-state index in [9.17, 15) is 18.8 Å². The number of ether oxygens (including phenoxy) is 1. The zero-order chi connectivity index (χ0) is 21.3. The molecule has 2 aromatic heterocycles.